The number of terminal acetylenes is 1. The van der Waals surface area contributed by atoms with Crippen LogP contribution >= 0.6 is 11.8 Å². The molecular formula is C27H25N3O3S. The third-order valence-corrected chi connectivity index (χ3v) is 6.17. The van der Waals surface area contributed by atoms with Crippen LogP contribution in [-0.4, -0.2) is 27.7 Å². The van der Waals surface area contributed by atoms with E-state index in [0.717, 1.165) is 22.0 Å². The van der Waals surface area contributed by atoms with Crippen LogP contribution in [0.25, 0.3) is 22.2 Å². The Bertz CT molecular complexity index is 1370. The van der Waals surface area contributed by atoms with Gasteiger partial charge in [-0.25, -0.2) is 0 Å². The van der Waals surface area contributed by atoms with Crippen molar-refractivity contribution >= 4 is 28.6 Å². The predicted molar refractivity (Wildman–Crippen MR) is 135 cm³/mol. The van der Waals surface area contributed by atoms with Gasteiger partial charge in [-0.15, -0.1) is 18.2 Å². The molecule has 0 saturated carbocycles. The molecule has 7 heteroatoms. The molecule has 0 aliphatic heterocycles. The molecule has 0 bridgehead atoms. The number of nitrogens with zero attached hydrogens (tertiary/aromatic N) is 2. The maximum Gasteiger partial charge on any atom is 0.272 e. The van der Waals surface area contributed by atoms with E-state index >= 15 is 0 Å². The second-order valence-electron chi connectivity index (χ2n) is 8.42. The van der Waals surface area contributed by atoms with Gasteiger partial charge in [-0.1, -0.05) is 41.4 Å². The number of aryl methyl sites for hydroxylation is 1. The summed E-state index contributed by atoms with van der Waals surface area (Å²) in [6.45, 7) is 5.70. The normalized spacial score (nSPS) is 12.2. The van der Waals surface area contributed by atoms with Gasteiger partial charge in [0.15, 0.2) is 5.76 Å². The average molecular weight is 472 g/mol. The number of rotatable bonds is 7. The Morgan fingerprint density at radius 3 is 2.68 bits per heavy atom. The van der Waals surface area contributed by atoms with E-state index in [9.17, 15) is 4.79 Å². The highest BCUT2D eigenvalue weighted by molar-refractivity contribution is 7.99. The smallest absolute Gasteiger partial charge is 0.272 e. The summed E-state index contributed by atoms with van der Waals surface area (Å²) in [7, 11) is 0. The van der Waals surface area contributed by atoms with Gasteiger partial charge in [-0.3, -0.25) is 9.78 Å². The third kappa shape index (κ3) is 4.92. The summed E-state index contributed by atoms with van der Waals surface area (Å²) in [5.74, 6) is 3.54. The number of nitrogens with one attached hydrogen (secondary N) is 1. The van der Waals surface area contributed by atoms with E-state index in [2.05, 4.69) is 21.4 Å². The second-order valence-corrected chi connectivity index (χ2v) is 9.32. The largest absolute Gasteiger partial charge is 0.470 e. The van der Waals surface area contributed by atoms with Crippen LogP contribution in [0.4, 0.5) is 0 Å². The van der Waals surface area contributed by atoms with Crippen LogP contribution in [0.1, 0.15) is 30.7 Å². The number of carbonyl (C=O) groups excluding carboxylic acids is 1. The Morgan fingerprint density at radius 1 is 1.21 bits per heavy atom. The summed E-state index contributed by atoms with van der Waals surface area (Å²) in [6, 6.07) is 17.1. The van der Waals surface area contributed by atoms with Gasteiger partial charge < -0.3 is 14.6 Å². The van der Waals surface area contributed by atoms with Gasteiger partial charge in [-0.2, -0.15) is 0 Å². The van der Waals surface area contributed by atoms with Crippen LogP contribution in [-0.2, 0) is 10.3 Å². The summed E-state index contributed by atoms with van der Waals surface area (Å²) < 4.78 is 11.6. The first-order valence-corrected chi connectivity index (χ1v) is 12.0. The van der Waals surface area contributed by atoms with E-state index in [-0.39, 0.29) is 5.91 Å². The second kappa shape index (κ2) is 9.62. The Labute approximate surface area is 203 Å². The first-order valence-electron chi connectivity index (χ1n) is 10.7. The quantitative estimate of drug-likeness (QED) is 0.291. The zero-order valence-corrected chi connectivity index (χ0v) is 20.3. The van der Waals surface area contributed by atoms with E-state index < -0.39 is 11.0 Å². The molecule has 0 aliphatic rings. The summed E-state index contributed by atoms with van der Waals surface area (Å²) in [5.41, 5.74) is 2.48. The molecule has 0 spiro atoms. The number of hydrogen-bond donors (Lipinski definition) is 1. The fourth-order valence-corrected chi connectivity index (χ4v) is 4.10. The standard InChI is InChI=1S/C27H25N3O3S/c1-6-18-13-20-14-21(12-17(2)24(20)28-16-18)32-26(34-5)25(31)29-27(3,4)23-15-22(33-30-23)19-10-8-7-9-11-19/h1,7-16,26H,2-5H3,(H,29,31). The number of pyridine rings is 1. The lowest BCUT2D eigenvalue weighted by Crippen LogP contribution is -2.46. The number of amides is 1. The first kappa shape index (κ1) is 23.4. The van der Waals surface area contributed by atoms with Crippen molar-refractivity contribution in [2.45, 2.75) is 31.7 Å². The minimum Gasteiger partial charge on any atom is -0.470 e. The Morgan fingerprint density at radius 2 is 1.97 bits per heavy atom. The van der Waals surface area contributed by atoms with E-state index in [1.54, 1.807) is 6.20 Å². The van der Waals surface area contributed by atoms with Gasteiger partial charge in [0, 0.05) is 28.8 Å². The molecule has 1 atom stereocenters. The van der Waals surface area contributed by atoms with Crippen molar-refractivity contribution in [1.29, 1.82) is 0 Å². The number of ether oxygens (including phenoxy) is 1. The molecule has 4 rings (SSSR count). The lowest BCUT2D eigenvalue weighted by Gasteiger charge is -2.26. The van der Waals surface area contributed by atoms with Crippen molar-refractivity contribution in [3.63, 3.8) is 0 Å². The van der Waals surface area contributed by atoms with E-state index in [4.69, 9.17) is 15.7 Å². The number of hydrogen-bond acceptors (Lipinski definition) is 6. The molecular weight excluding hydrogens is 446 g/mol. The van der Waals surface area contributed by atoms with Crippen LogP contribution in [0, 0.1) is 19.3 Å². The highest BCUT2D eigenvalue weighted by Crippen LogP contribution is 2.29. The topological polar surface area (TPSA) is 77.2 Å². The van der Waals surface area contributed by atoms with Gasteiger partial charge in [0.25, 0.3) is 5.91 Å². The lowest BCUT2D eigenvalue weighted by atomic mass is 9.99. The molecule has 34 heavy (non-hydrogen) atoms. The van der Waals surface area contributed by atoms with Gasteiger partial charge in [0.1, 0.15) is 11.4 Å². The first-order chi connectivity index (χ1) is 16.3. The molecule has 1 unspecified atom stereocenters. The number of thioether (sulfide) groups is 1. The molecule has 4 aromatic rings. The Kier molecular flexibility index (Phi) is 6.62. The molecule has 1 N–H and O–H groups in total. The highest BCUT2D eigenvalue weighted by atomic mass is 32.2. The number of benzene rings is 2. The van der Waals surface area contributed by atoms with Crippen molar-refractivity contribution in [3.8, 4) is 29.4 Å². The van der Waals surface area contributed by atoms with Crippen LogP contribution in [0.15, 0.2) is 65.3 Å². The highest BCUT2D eigenvalue weighted by Gasteiger charge is 2.31. The van der Waals surface area contributed by atoms with Crippen molar-refractivity contribution < 1.29 is 14.1 Å². The third-order valence-electron chi connectivity index (χ3n) is 5.43. The fourth-order valence-electron chi connectivity index (χ4n) is 3.62. The van der Waals surface area contributed by atoms with E-state index in [1.807, 2.05) is 81.6 Å². The van der Waals surface area contributed by atoms with Crippen molar-refractivity contribution in [2.24, 2.45) is 0 Å². The lowest BCUT2D eigenvalue weighted by molar-refractivity contribution is -0.126. The molecule has 0 aliphatic carbocycles. The Balaban J connectivity index is 1.52. The van der Waals surface area contributed by atoms with E-state index in [1.165, 1.54) is 11.8 Å². The number of fused-ring (bicyclic) bond motifs is 1. The Hall–Kier alpha value is -3.76. The zero-order valence-electron chi connectivity index (χ0n) is 19.5. The SMILES string of the molecule is C#Cc1cnc2c(C)cc(OC(SC)C(=O)NC(C)(C)c3cc(-c4ccccc4)on3)cc2c1. The van der Waals surface area contributed by atoms with Crippen LogP contribution in [0.3, 0.4) is 0 Å². The van der Waals surface area contributed by atoms with Crippen molar-refractivity contribution in [3.05, 3.63) is 77.6 Å². The molecule has 0 saturated heterocycles. The summed E-state index contributed by atoms with van der Waals surface area (Å²) in [5, 5.41) is 8.08. The maximum atomic E-state index is 13.1. The zero-order chi connectivity index (χ0) is 24.3. The van der Waals surface area contributed by atoms with Gasteiger partial charge >= 0.3 is 0 Å². The number of aromatic nitrogens is 2. The van der Waals surface area contributed by atoms with Crippen molar-refractivity contribution in [1.82, 2.24) is 15.5 Å². The molecule has 2 aromatic heterocycles. The molecule has 172 valence electrons. The molecule has 1 amide bonds. The molecule has 6 nitrogen and oxygen atoms in total. The van der Waals surface area contributed by atoms with Gasteiger partial charge in [-0.05, 0) is 50.8 Å². The summed E-state index contributed by atoms with van der Waals surface area (Å²) >= 11 is 1.30. The minimum absolute atomic E-state index is 0.269. The average Bonchev–Trinajstić information content (AvgIpc) is 3.34. The molecule has 2 heterocycles. The molecule has 2 aromatic carbocycles. The maximum absolute atomic E-state index is 13.1. The monoisotopic (exact) mass is 471 g/mol. The fraction of sp³-hybridized carbons (Fsp3) is 0.222. The number of carbonyl (C=O) groups is 1. The minimum atomic E-state index is -0.768. The van der Waals surface area contributed by atoms with Gasteiger partial charge in [0.2, 0.25) is 5.44 Å². The summed E-state index contributed by atoms with van der Waals surface area (Å²) in [4.78, 5) is 17.6. The molecule has 0 radical (unpaired) electrons. The molecule has 0 fully saturated rings. The predicted octanol–water partition coefficient (Wildman–Crippen LogP) is 5.30. The van der Waals surface area contributed by atoms with E-state index in [0.29, 0.717) is 22.8 Å². The van der Waals surface area contributed by atoms with Crippen LogP contribution in [0.2, 0.25) is 0 Å². The summed E-state index contributed by atoms with van der Waals surface area (Å²) in [6.07, 6.45) is 9.01. The van der Waals surface area contributed by atoms with Crippen LogP contribution in [0.5, 0.6) is 5.75 Å². The van der Waals surface area contributed by atoms with Gasteiger partial charge in [0.05, 0.1) is 11.1 Å². The van der Waals surface area contributed by atoms with Crippen LogP contribution < -0.4 is 10.1 Å². The van der Waals surface area contributed by atoms with Crippen molar-refractivity contribution in [2.75, 3.05) is 6.26 Å².